The molecule has 3 unspecified atom stereocenters. The fraction of sp³-hybridized carbons (Fsp3) is 0.533. The molecule has 2 N–H and O–H groups in total. The largest absolute Gasteiger partial charge is 0.369 e. The molecule has 4 rings (SSSR count). The minimum Gasteiger partial charge on any atom is -0.369 e. The smallest absolute Gasteiger partial charge is 0.196 e. The molecule has 94 valence electrons. The molecule has 2 bridgehead atoms. The van der Waals surface area contributed by atoms with Crippen molar-refractivity contribution in [3.05, 3.63) is 30.3 Å². The van der Waals surface area contributed by atoms with Gasteiger partial charge in [0.2, 0.25) is 0 Å². The summed E-state index contributed by atoms with van der Waals surface area (Å²) in [5.41, 5.74) is 7.59. The van der Waals surface area contributed by atoms with Crippen molar-refractivity contribution in [3.8, 4) is 0 Å². The quantitative estimate of drug-likeness (QED) is 0.820. The zero-order valence-electron chi connectivity index (χ0n) is 10.5. The number of nitrogens with zero attached hydrogens (tertiary/aromatic N) is 2. The summed E-state index contributed by atoms with van der Waals surface area (Å²) in [7, 11) is 0. The van der Waals surface area contributed by atoms with E-state index in [4.69, 9.17) is 5.73 Å². The molecule has 0 aromatic heterocycles. The standard InChI is InChI=1S/C15H19N3/c16-14-17-10-15(9-11-6-7-12(15)8-11)18(14)13-4-2-1-3-5-13/h1-5,11-12H,6-10H2,(H2,16,17). The van der Waals surface area contributed by atoms with Crippen molar-refractivity contribution in [1.29, 1.82) is 0 Å². The van der Waals surface area contributed by atoms with Crippen molar-refractivity contribution in [2.75, 3.05) is 11.4 Å². The van der Waals surface area contributed by atoms with Gasteiger partial charge < -0.3 is 10.6 Å². The number of hydrogen-bond acceptors (Lipinski definition) is 3. The van der Waals surface area contributed by atoms with Gasteiger partial charge in [-0.3, -0.25) is 4.99 Å². The van der Waals surface area contributed by atoms with E-state index >= 15 is 0 Å². The molecule has 0 radical (unpaired) electrons. The van der Waals surface area contributed by atoms with Gasteiger partial charge in [0.25, 0.3) is 0 Å². The van der Waals surface area contributed by atoms with E-state index in [1.807, 2.05) is 0 Å². The SMILES string of the molecule is NC1=NCC2(CC3CCC2C3)N1c1ccccc1. The molecule has 1 aromatic carbocycles. The molecule has 18 heavy (non-hydrogen) atoms. The maximum Gasteiger partial charge on any atom is 0.196 e. The van der Waals surface area contributed by atoms with Crippen molar-refractivity contribution in [2.45, 2.75) is 31.2 Å². The van der Waals surface area contributed by atoms with Gasteiger partial charge in [0.15, 0.2) is 5.96 Å². The molecule has 1 aliphatic heterocycles. The average molecular weight is 241 g/mol. The highest BCUT2D eigenvalue weighted by atomic mass is 15.4. The van der Waals surface area contributed by atoms with Crippen LogP contribution in [0.2, 0.25) is 0 Å². The van der Waals surface area contributed by atoms with E-state index in [0.717, 1.165) is 18.4 Å². The van der Waals surface area contributed by atoms with Crippen LogP contribution in [0, 0.1) is 11.8 Å². The van der Waals surface area contributed by atoms with E-state index in [1.54, 1.807) is 0 Å². The molecule has 0 saturated heterocycles. The summed E-state index contributed by atoms with van der Waals surface area (Å²) in [5, 5.41) is 0. The number of anilines is 1. The molecule has 2 aliphatic carbocycles. The van der Waals surface area contributed by atoms with Crippen molar-refractivity contribution < 1.29 is 0 Å². The first-order valence-corrected chi connectivity index (χ1v) is 6.95. The molecule has 0 amide bonds. The number of rotatable bonds is 1. The summed E-state index contributed by atoms with van der Waals surface area (Å²) in [5.74, 6) is 2.41. The fourth-order valence-corrected chi connectivity index (χ4v) is 4.44. The Morgan fingerprint density at radius 2 is 2.06 bits per heavy atom. The zero-order valence-corrected chi connectivity index (χ0v) is 10.5. The Hall–Kier alpha value is -1.51. The maximum absolute atomic E-state index is 6.17. The monoisotopic (exact) mass is 241 g/mol. The van der Waals surface area contributed by atoms with Crippen molar-refractivity contribution in [1.82, 2.24) is 0 Å². The maximum atomic E-state index is 6.17. The summed E-state index contributed by atoms with van der Waals surface area (Å²) >= 11 is 0. The number of hydrogen-bond donors (Lipinski definition) is 1. The third-order valence-corrected chi connectivity index (χ3v) is 5.15. The van der Waals surface area contributed by atoms with Crippen LogP contribution in [-0.4, -0.2) is 18.0 Å². The van der Waals surface area contributed by atoms with Gasteiger partial charge in [-0.2, -0.15) is 0 Å². The first-order valence-electron chi connectivity index (χ1n) is 6.95. The Morgan fingerprint density at radius 3 is 2.72 bits per heavy atom. The molecule has 3 heteroatoms. The molecule has 3 atom stereocenters. The normalized spacial score (nSPS) is 37.6. The lowest BCUT2D eigenvalue weighted by Crippen LogP contribution is -2.55. The Kier molecular flexibility index (Phi) is 2.02. The molecule has 2 saturated carbocycles. The fourth-order valence-electron chi connectivity index (χ4n) is 4.44. The Labute approximate surface area is 108 Å². The van der Waals surface area contributed by atoms with Crippen LogP contribution in [-0.2, 0) is 0 Å². The lowest BCUT2D eigenvalue weighted by molar-refractivity contribution is 0.293. The highest BCUT2D eigenvalue weighted by Crippen LogP contribution is 2.55. The number of nitrogens with two attached hydrogens (primary N) is 1. The summed E-state index contributed by atoms with van der Waals surface area (Å²) in [4.78, 5) is 6.90. The second-order valence-electron chi connectivity index (χ2n) is 6.03. The van der Waals surface area contributed by atoms with Gasteiger partial charge in [0.1, 0.15) is 0 Å². The third-order valence-electron chi connectivity index (χ3n) is 5.15. The van der Waals surface area contributed by atoms with Crippen molar-refractivity contribution in [2.24, 2.45) is 22.6 Å². The van der Waals surface area contributed by atoms with Crippen molar-refractivity contribution in [3.63, 3.8) is 0 Å². The van der Waals surface area contributed by atoms with Gasteiger partial charge in [-0.05, 0) is 49.7 Å². The van der Waals surface area contributed by atoms with Crippen LogP contribution in [0.4, 0.5) is 5.69 Å². The molecular formula is C15H19N3. The van der Waals surface area contributed by atoms with Crippen LogP contribution in [0.5, 0.6) is 0 Å². The number of para-hydroxylation sites is 1. The Balaban J connectivity index is 1.77. The van der Waals surface area contributed by atoms with Gasteiger partial charge >= 0.3 is 0 Å². The van der Waals surface area contributed by atoms with Gasteiger partial charge in [-0.1, -0.05) is 18.2 Å². The van der Waals surface area contributed by atoms with Gasteiger partial charge in [-0.15, -0.1) is 0 Å². The summed E-state index contributed by atoms with van der Waals surface area (Å²) in [6.45, 7) is 0.898. The van der Waals surface area contributed by atoms with E-state index in [1.165, 1.54) is 31.4 Å². The van der Waals surface area contributed by atoms with Gasteiger partial charge in [0, 0.05) is 5.69 Å². The summed E-state index contributed by atoms with van der Waals surface area (Å²) in [6.07, 6.45) is 5.43. The predicted octanol–water partition coefficient (Wildman–Crippen LogP) is 2.38. The van der Waals surface area contributed by atoms with E-state index < -0.39 is 0 Å². The van der Waals surface area contributed by atoms with Crippen LogP contribution in [0.15, 0.2) is 35.3 Å². The second kappa shape index (κ2) is 3.50. The summed E-state index contributed by atoms with van der Waals surface area (Å²) < 4.78 is 0. The van der Waals surface area contributed by atoms with Crippen LogP contribution in [0.3, 0.4) is 0 Å². The number of benzene rings is 1. The molecule has 2 fully saturated rings. The average Bonchev–Trinajstić information content (AvgIpc) is 3.06. The van der Waals surface area contributed by atoms with E-state index in [2.05, 4.69) is 40.2 Å². The van der Waals surface area contributed by atoms with E-state index in [9.17, 15) is 0 Å². The summed E-state index contributed by atoms with van der Waals surface area (Å²) in [6, 6.07) is 10.5. The molecule has 1 aromatic rings. The topological polar surface area (TPSA) is 41.6 Å². The predicted molar refractivity (Wildman–Crippen MR) is 73.6 cm³/mol. The number of aliphatic imine (C=N–C) groups is 1. The van der Waals surface area contributed by atoms with Crippen LogP contribution < -0.4 is 10.6 Å². The Morgan fingerprint density at radius 1 is 1.22 bits per heavy atom. The van der Waals surface area contributed by atoms with Crippen molar-refractivity contribution >= 4 is 11.6 Å². The first-order chi connectivity index (χ1) is 8.79. The van der Waals surface area contributed by atoms with Gasteiger partial charge in [-0.25, -0.2) is 0 Å². The van der Waals surface area contributed by atoms with E-state index in [-0.39, 0.29) is 5.54 Å². The molecule has 3 nitrogen and oxygen atoms in total. The van der Waals surface area contributed by atoms with Crippen LogP contribution >= 0.6 is 0 Å². The van der Waals surface area contributed by atoms with Gasteiger partial charge in [0.05, 0.1) is 12.1 Å². The van der Waals surface area contributed by atoms with Crippen LogP contribution in [0.25, 0.3) is 0 Å². The molecule has 1 spiro atoms. The molecule has 3 aliphatic rings. The first kappa shape index (κ1) is 10.4. The Bertz CT molecular complexity index is 496. The van der Waals surface area contributed by atoms with E-state index in [0.29, 0.717) is 5.96 Å². The molecular weight excluding hydrogens is 222 g/mol. The van der Waals surface area contributed by atoms with Crippen LogP contribution in [0.1, 0.15) is 25.7 Å². The number of fused-ring (bicyclic) bond motifs is 3. The minimum absolute atomic E-state index is 0.203. The highest BCUT2D eigenvalue weighted by Gasteiger charge is 2.57. The minimum atomic E-state index is 0.203. The third kappa shape index (κ3) is 1.22. The lowest BCUT2D eigenvalue weighted by atomic mass is 9.80. The second-order valence-corrected chi connectivity index (χ2v) is 6.03. The number of guanidine groups is 1. The highest BCUT2D eigenvalue weighted by molar-refractivity contribution is 5.98. The lowest BCUT2D eigenvalue weighted by Gasteiger charge is -2.42. The zero-order chi connectivity index (χ0) is 12.2. The molecule has 1 heterocycles.